The maximum absolute atomic E-state index is 13.1. The van der Waals surface area contributed by atoms with Crippen LogP contribution in [0.25, 0.3) is 0 Å². The molecule has 0 N–H and O–H groups in total. The van der Waals surface area contributed by atoms with Gasteiger partial charge in [-0.05, 0) is 31.6 Å². The summed E-state index contributed by atoms with van der Waals surface area (Å²) < 4.78 is 7.45. The summed E-state index contributed by atoms with van der Waals surface area (Å²) >= 11 is 0. The lowest BCUT2D eigenvalue weighted by Crippen LogP contribution is -2.43. The van der Waals surface area contributed by atoms with Crippen LogP contribution >= 0.6 is 0 Å². The van der Waals surface area contributed by atoms with Gasteiger partial charge in [-0.25, -0.2) is 0 Å². The number of hydrogen-bond donors (Lipinski definition) is 0. The zero-order valence-electron chi connectivity index (χ0n) is 15.3. The summed E-state index contributed by atoms with van der Waals surface area (Å²) in [6, 6.07) is 0.640. The van der Waals surface area contributed by atoms with Crippen molar-refractivity contribution in [3.8, 4) is 0 Å². The Morgan fingerprint density at radius 1 is 1.12 bits per heavy atom. The molecule has 6 nitrogen and oxygen atoms in total. The Morgan fingerprint density at radius 2 is 1.92 bits per heavy atom. The number of fused-ring (bicyclic) bond motifs is 3. The molecule has 0 unspecified atom stereocenters. The average molecular weight is 346 g/mol. The highest BCUT2D eigenvalue weighted by molar-refractivity contribution is 5.77. The second-order valence-corrected chi connectivity index (χ2v) is 7.98. The number of rotatable bonds is 5. The van der Waals surface area contributed by atoms with E-state index in [1.165, 1.54) is 32.1 Å². The quantitative estimate of drug-likeness (QED) is 0.821. The van der Waals surface area contributed by atoms with E-state index in [2.05, 4.69) is 19.7 Å². The first-order valence-corrected chi connectivity index (χ1v) is 9.97. The fraction of sp³-hybridized carbons (Fsp3) is 0.842. The fourth-order valence-electron chi connectivity index (χ4n) is 5.03. The number of nitrogens with zero attached hydrogens (tertiary/aromatic N) is 4. The molecule has 1 saturated carbocycles. The second-order valence-electron chi connectivity index (χ2n) is 7.98. The molecule has 2 bridgehead atoms. The van der Waals surface area contributed by atoms with Crippen LogP contribution in [0.15, 0.2) is 0 Å². The summed E-state index contributed by atoms with van der Waals surface area (Å²) in [4.78, 5) is 15.3. The average Bonchev–Trinajstić information content (AvgIpc) is 3.13. The molecule has 3 aliphatic rings. The molecule has 0 radical (unpaired) electrons. The topological polar surface area (TPSA) is 60.3 Å². The van der Waals surface area contributed by atoms with Crippen molar-refractivity contribution in [1.82, 2.24) is 19.7 Å². The highest BCUT2D eigenvalue weighted by Gasteiger charge is 2.41. The van der Waals surface area contributed by atoms with E-state index in [1.54, 1.807) is 7.11 Å². The van der Waals surface area contributed by atoms with Gasteiger partial charge in [0.05, 0.1) is 12.6 Å². The summed E-state index contributed by atoms with van der Waals surface area (Å²) in [5, 5.41) is 8.78. The summed E-state index contributed by atoms with van der Waals surface area (Å²) in [5.41, 5.74) is 0. The van der Waals surface area contributed by atoms with Crippen molar-refractivity contribution in [3.63, 3.8) is 0 Å². The van der Waals surface area contributed by atoms with Gasteiger partial charge in [-0.15, -0.1) is 10.2 Å². The molecule has 1 aromatic rings. The van der Waals surface area contributed by atoms with Crippen LogP contribution in [-0.4, -0.2) is 51.4 Å². The van der Waals surface area contributed by atoms with E-state index < -0.39 is 0 Å². The molecule has 3 heterocycles. The lowest BCUT2D eigenvalue weighted by Gasteiger charge is -2.30. The molecule has 2 fully saturated rings. The van der Waals surface area contributed by atoms with Gasteiger partial charge in [-0.1, -0.05) is 19.3 Å². The fourth-order valence-corrected chi connectivity index (χ4v) is 5.03. The van der Waals surface area contributed by atoms with Crippen LogP contribution in [0.5, 0.6) is 0 Å². The van der Waals surface area contributed by atoms with Gasteiger partial charge in [-0.3, -0.25) is 4.79 Å². The third kappa shape index (κ3) is 3.46. The Morgan fingerprint density at radius 3 is 2.72 bits per heavy atom. The van der Waals surface area contributed by atoms with E-state index in [0.717, 1.165) is 50.3 Å². The Bertz CT molecular complexity index is 609. The predicted molar refractivity (Wildman–Crippen MR) is 94.2 cm³/mol. The summed E-state index contributed by atoms with van der Waals surface area (Å²) in [7, 11) is 1.72. The first-order valence-electron chi connectivity index (χ1n) is 9.97. The maximum Gasteiger partial charge on any atom is 0.223 e. The first kappa shape index (κ1) is 17.0. The minimum absolute atomic E-state index is 0.319. The van der Waals surface area contributed by atoms with Gasteiger partial charge in [0.15, 0.2) is 0 Å². The lowest BCUT2D eigenvalue weighted by atomic mass is 9.86. The number of aromatic nitrogens is 3. The van der Waals surface area contributed by atoms with Gasteiger partial charge in [0.2, 0.25) is 5.91 Å². The van der Waals surface area contributed by atoms with E-state index in [-0.39, 0.29) is 0 Å². The Hall–Kier alpha value is -1.43. The van der Waals surface area contributed by atoms with Crippen LogP contribution in [-0.2, 0) is 28.9 Å². The molecule has 0 aromatic carbocycles. The van der Waals surface area contributed by atoms with Crippen molar-refractivity contribution in [2.24, 2.45) is 5.92 Å². The molecular weight excluding hydrogens is 316 g/mol. The van der Waals surface area contributed by atoms with Crippen LogP contribution in [0.2, 0.25) is 0 Å². The van der Waals surface area contributed by atoms with Crippen LogP contribution in [0, 0.1) is 5.92 Å². The van der Waals surface area contributed by atoms with E-state index in [9.17, 15) is 4.79 Å². The standard InChI is InChI=1S/C19H30N4O2/c1-25-10-9-17-20-21-18-12-15-7-8-16(13-22(17)18)23(15)19(24)11-14-5-3-2-4-6-14/h14-16H,2-13H2,1H3/t15-,16+/m0/s1. The number of carbonyl (C=O) groups is 1. The zero-order valence-corrected chi connectivity index (χ0v) is 15.3. The molecule has 1 aromatic heterocycles. The van der Waals surface area contributed by atoms with Crippen LogP contribution < -0.4 is 0 Å². The maximum atomic E-state index is 13.1. The molecule has 2 aliphatic heterocycles. The summed E-state index contributed by atoms with van der Waals surface area (Å²) in [6.45, 7) is 1.52. The lowest BCUT2D eigenvalue weighted by molar-refractivity contribution is -0.135. The van der Waals surface area contributed by atoms with Gasteiger partial charge in [-0.2, -0.15) is 0 Å². The van der Waals surface area contributed by atoms with Gasteiger partial charge in [0.1, 0.15) is 11.6 Å². The van der Waals surface area contributed by atoms with Crippen molar-refractivity contribution < 1.29 is 9.53 Å². The Kier molecular flexibility index (Phi) is 5.06. The molecule has 1 aliphatic carbocycles. The van der Waals surface area contributed by atoms with Crippen LogP contribution in [0.3, 0.4) is 0 Å². The van der Waals surface area contributed by atoms with Gasteiger partial charge in [0.25, 0.3) is 0 Å². The third-order valence-electron chi connectivity index (χ3n) is 6.34. The number of carbonyl (C=O) groups excluding carboxylic acids is 1. The van der Waals surface area contributed by atoms with Crippen molar-refractivity contribution in [1.29, 1.82) is 0 Å². The smallest absolute Gasteiger partial charge is 0.223 e. The number of methoxy groups -OCH3 is 1. The van der Waals surface area contributed by atoms with Crippen LogP contribution in [0.1, 0.15) is 63.0 Å². The van der Waals surface area contributed by atoms with Crippen molar-refractivity contribution in [2.75, 3.05) is 13.7 Å². The molecule has 2 atom stereocenters. The number of ether oxygens (including phenoxy) is 1. The minimum Gasteiger partial charge on any atom is -0.384 e. The number of amides is 1. The monoisotopic (exact) mass is 346 g/mol. The highest BCUT2D eigenvalue weighted by atomic mass is 16.5. The predicted octanol–water partition coefficient (Wildman–Crippen LogP) is 2.35. The molecule has 0 spiro atoms. The molecule has 1 saturated heterocycles. The van der Waals surface area contributed by atoms with E-state index >= 15 is 0 Å². The molecule has 4 rings (SSSR count). The zero-order chi connectivity index (χ0) is 17.2. The van der Waals surface area contributed by atoms with Gasteiger partial charge in [0, 0.05) is 39.0 Å². The number of hydrogen-bond acceptors (Lipinski definition) is 4. The van der Waals surface area contributed by atoms with E-state index in [4.69, 9.17) is 4.74 Å². The van der Waals surface area contributed by atoms with Crippen molar-refractivity contribution >= 4 is 5.91 Å². The highest BCUT2D eigenvalue weighted by Crippen LogP contribution is 2.34. The van der Waals surface area contributed by atoms with E-state index in [0.29, 0.717) is 30.5 Å². The van der Waals surface area contributed by atoms with Gasteiger partial charge < -0.3 is 14.2 Å². The molecule has 138 valence electrons. The Labute approximate surface area is 149 Å². The first-order chi connectivity index (χ1) is 12.3. The third-order valence-corrected chi connectivity index (χ3v) is 6.34. The minimum atomic E-state index is 0.319. The largest absolute Gasteiger partial charge is 0.384 e. The molecule has 25 heavy (non-hydrogen) atoms. The van der Waals surface area contributed by atoms with Crippen LogP contribution in [0.4, 0.5) is 0 Å². The molecule has 6 heteroatoms. The van der Waals surface area contributed by atoms with Crippen molar-refractivity contribution in [3.05, 3.63) is 11.6 Å². The Balaban J connectivity index is 1.47. The normalized spacial score (nSPS) is 26.5. The van der Waals surface area contributed by atoms with Crippen molar-refractivity contribution in [2.45, 2.75) is 82.8 Å². The SMILES string of the molecule is COCCc1nnc2n1C[C@H]1CC[C@@H](C2)N1C(=O)CC1CCCCC1. The molecule has 1 amide bonds. The van der Waals surface area contributed by atoms with Gasteiger partial charge >= 0.3 is 0 Å². The van der Waals surface area contributed by atoms with E-state index in [1.807, 2.05) is 0 Å². The molecular formula is C19H30N4O2. The summed E-state index contributed by atoms with van der Waals surface area (Å²) in [6.07, 6.45) is 11.0. The second kappa shape index (κ2) is 7.44. The summed E-state index contributed by atoms with van der Waals surface area (Å²) in [5.74, 6) is 3.05.